The molecular formula is C22H23NO2. The van der Waals surface area contributed by atoms with Gasteiger partial charge in [0.15, 0.2) is 0 Å². The summed E-state index contributed by atoms with van der Waals surface area (Å²) < 4.78 is 5.39. The van der Waals surface area contributed by atoms with Gasteiger partial charge in [-0.1, -0.05) is 60.7 Å². The summed E-state index contributed by atoms with van der Waals surface area (Å²) in [6, 6.07) is 22.2. The smallest absolute Gasteiger partial charge is 0.317 e. The second kappa shape index (κ2) is 7.39. The number of anilines is 1. The molecule has 0 radical (unpaired) electrons. The number of ether oxygens (including phenoxy) is 1. The highest BCUT2D eigenvalue weighted by Crippen LogP contribution is 2.35. The molecular weight excluding hydrogens is 310 g/mol. The number of esters is 1. The van der Waals surface area contributed by atoms with Crippen LogP contribution in [0.4, 0.5) is 5.69 Å². The van der Waals surface area contributed by atoms with Crippen LogP contribution in [0.5, 0.6) is 0 Å². The van der Waals surface area contributed by atoms with E-state index < -0.39 is 5.92 Å². The summed E-state index contributed by atoms with van der Waals surface area (Å²) in [6.45, 7) is 2.21. The van der Waals surface area contributed by atoms with Crippen molar-refractivity contribution in [3.05, 3.63) is 77.9 Å². The maximum Gasteiger partial charge on any atom is 0.317 e. The Labute approximate surface area is 148 Å². The van der Waals surface area contributed by atoms with Gasteiger partial charge in [0.25, 0.3) is 0 Å². The lowest BCUT2D eigenvalue weighted by molar-refractivity contribution is -0.143. The van der Waals surface area contributed by atoms with E-state index in [9.17, 15) is 4.79 Å². The third-order valence-corrected chi connectivity index (χ3v) is 4.38. The van der Waals surface area contributed by atoms with Crippen molar-refractivity contribution in [2.45, 2.75) is 12.8 Å². The van der Waals surface area contributed by atoms with Crippen LogP contribution < -0.4 is 4.90 Å². The number of carbonyl (C=O) groups excluding carboxylic acids is 1. The molecule has 25 heavy (non-hydrogen) atoms. The first-order valence-electron chi connectivity index (χ1n) is 8.54. The van der Waals surface area contributed by atoms with E-state index in [0.29, 0.717) is 6.61 Å². The van der Waals surface area contributed by atoms with Crippen molar-refractivity contribution >= 4 is 22.4 Å². The van der Waals surface area contributed by atoms with E-state index in [-0.39, 0.29) is 5.97 Å². The predicted molar refractivity (Wildman–Crippen MR) is 103 cm³/mol. The quantitative estimate of drug-likeness (QED) is 0.639. The summed E-state index contributed by atoms with van der Waals surface area (Å²) in [7, 11) is 4.06. The minimum atomic E-state index is -0.428. The molecule has 1 atom stereocenters. The molecule has 1 unspecified atom stereocenters. The SMILES string of the molecule is CCOC(=O)C(c1ccccc1)c1ccc(N(C)C)c2ccccc12. The summed E-state index contributed by atoms with van der Waals surface area (Å²) in [5, 5.41) is 2.21. The molecule has 0 aliphatic carbocycles. The van der Waals surface area contributed by atoms with Crippen molar-refractivity contribution in [2.24, 2.45) is 0 Å². The number of rotatable bonds is 5. The Morgan fingerprint density at radius 2 is 1.56 bits per heavy atom. The minimum Gasteiger partial charge on any atom is -0.465 e. The standard InChI is InChI=1S/C22H23NO2/c1-4-25-22(24)21(16-10-6-5-7-11-16)19-14-15-20(23(2)3)18-13-9-8-12-17(18)19/h5-15,21H,4H2,1-3H3. The van der Waals surface area contributed by atoms with Crippen molar-refractivity contribution in [3.8, 4) is 0 Å². The lowest BCUT2D eigenvalue weighted by atomic mass is 9.87. The molecule has 128 valence electrons. The van der Waals surface area contributed by atoms with E-state index in [1.54, 1.807) is 0 Å². The van der Waals surface area contributed by atoms with E-state index in [1.165, 1.54) is 0 Å². The zero-order chi connectivity index (χ0) is 17.8. The molecule has 0 aliphatic heterocycles. The number of hydrogen-bond donors (Lipinski definition) is 0. The Morgan fingerprint density at radius 1 is 0.920 bits per heavy atom. The van der Waals surface area contributed by atoms with Gasteiger partial charge in [0.2, 0.25) is 0 Å². The highest BCUT2D eigenvalue weighted by Gasteiger charge is 2.26. The number of nitrogens with zero attached hydrogens (tertiary/aromatic N) is 1. The molecule has 3 rings (SSSR count). The summed E-state index contributed by atoms with van der Waals surface area (Å²) in [5.74, 6) is -0.640. The van der Waals surface area contributed by atoms with Crippen LogP contribution in [0, 0.1) is 0 Å². The normalized spacial score (nSPS) is 12.0. The largest absolute Gasteiger partial charge is 0.465 e. The van der Waals surface area contributed by atoms with Crippen molar-refractivity contribution in [1.29, 1.82) is 0 Å². The highest BCUT2D eigenvalue weighted by molar-refractivity contribution is 5.99. The molecule has 3 nitrogen and oxygen atoms in total. The summed E-state index contributed by atoms with van der Waals surface area (Å²) in [5.41, 5.74) is 3.06. The molecule has 0 saturated carbocycles. The Bertz CT molecular complexity index is 872. The van der Waals surface area contributed by atoms with Gasteiger partial charge in [-0.05, 0) is 29.5 Å². The van der Waals surface area contributed by atoms with Gasteiger partial charge < -0.3 is 9.64 Å². The molecule has 3 aromatic rings. The Balaban J connectivity index is 2.23. The van der Waals surface area contributed by atoms with Crippen LogP contribution in [0.1, 0.15) is 24.0 Å². The van der Waals surface area contributed by atoms with Crippen molar-refractivity contribution in [1.82, 2.24) is 0 Å². The van der Waals surface area contributed by atoms with E-state index in [0.717, 1.165) is 27.6 Å². The Kier molecular flexibility index (Phi) is 5.03. The number of fused-ring (bicyclic) bond motifs is 1. The fourth-order valence-corrected chi connectivity index (χ4v) is 3.26. The molecule has 0 heterocycles. The van der Waals surface area contributed by atoms with Crippen LogP contribution >= 0.6 is 0 Å². The van der Waals surface area contributed by atoms with E-state index >= 15 is 0 Å². The number of hydrogen-bond acceptors (Lipinski definition) is 3. The highest BCUT2D eigenvalue weighted by atomic mass is 16.5. The first-order chi connectivity index (χ1) is 12.1. The van der Waals surface area contributed by atoms with Gasteiger partial charge in [0.1, 0.15) is 5.92 Å². The molecule has 3 heteroatoms. The van der Waals surface area contributed by atoms with E-state index in [1.807, 2.05) is 69.6 Å². The maximum absolute atomic E-state index is 12.8. The second-order valence-electron chi connectivity index (χ2n) is 6.21. The first-order valence-corrected chi connectivity index (χ1v) is 8.54. The number of benzene rings is 3. The fraction of sp³-hybridized carbons (Fsp3) is 0.227. The molecule has 0 aliphatic rings. The minimum absolute atomic E-state index is 0.212. The van der Waals surface area contributed by atoms with Crippen LogP contribution in [-0.4, -0.2) is 26.7 Å². The van der Waals surface area contributed by atoms with Crippen molar-refractivity contribution in [2.75, 3.05) is 25.6 Å². The summed E-state index contributed by atoms with van der Waals surface area (Å²) >= 11 is 0. The Hall–Kier alpha value is -2.81. The lowest BCUT2D eigenvalue weighted by Crippen LogP contribution is -2.18. The average Bonchev–Trinajstić information content (AvgIpc) is 2.63. The molecule has 0 aromatic heterocycles. The van der Waals surface area contributed by atoms with Gasteiger partial charge in [-0.3, -0.25) is 4.79 Å². The zero-order valence-electron chi connectivity index (χ0n) is 14.9. The fourth-order valence-electron chi connectivity index (χ4n) is 3.26. The molecule has 3 aromatic carbocycles. The van der Waals surface area contributed by atoms with Crippen LogP contribution in [0.3, 0.4) is 0 Å². The number of carbonyl (C=O) groups is 1. The van der Waals surface area contributed by atoms with Crippen LogP contribution in [-0.2, 0) is 9.53 Å². The second-order valence-corrected chi connectivity index (χ2v) is 6.21. The van der Waals surface area contributed by atoms with Crippen LogP contribution in [0.2, 0.25) is 0 Å². The maximum atomic E-state index is 12.8. The Morgan fingerprint density at radius 3 is 2.20 bits per heavy atom. The summed E-state index contributed by atoms with van der Waals surface area (Å²) in [6.07, 6.45) is 0. The first kappa shape index (κ1) is 17.0. The van der Waals surface area contributed by atoms with Gasteiger partial charge in [0.05, 0.1) is 6.61 Å². The van der Waals surface area contributed by atoms with Gasteiger partial charge in [-0.15, -0.1) is 0 Å². The van der Waals surface area contributed by atoms with Crippen LogP contribution in [0.25, 0.3) is 10.8 Å². The van der Waals surface area contributed by atoms with Crippen molar-refractivity contribution < 1.29 is 9.53 Å². The molecule has 0 fully saturated rings. The van der Waals surface area contributed by atoms with E-state index in [4.69, 9.17) is 4.74 Å². The van der Waals surface area contributed by atoms with Gasteiger partial charge >= 0.3 is 5.97 Å². The van der Waals surface area contributed by atoms with E-state index in [2.05, 4.69) is 23.1 Å². The van der Waals surface area contributed by atoms with Crippen molar-refractivity contribution in [3.63, 3.8) is 0 Å². The lowest BCUT2D eigenvalue weighted by Gasteiger charge is -2.22. The average molecular weight is 333 g/mol. The van der Waals surface area contributed by atoms with Gasteiger partial charge in [-0.25, -0.2) is 0 Å². The molecule has 0 amide bonds. The third kappa shape index (κ3) is 3.36. The van der Waals surface area contributed by atoms with Crippen LogP contribution in [0.15, 0.2) is 66.7 Å². The zero-order valence-corrected chi connectivity index (χ0v) is 14.9. The predicted octanol–water partition coefficient (Wildman–Crippen LogP) is 4.60. The monoisotopic (exact) mass is 333 g/mol. The topological polar surface area (TPSA) is 29.5 Å². The molecule has 0 spiro atoms. The van der Waals surface area contributed by atoms with Gasteiger partial charge in [-0.2, -0.15) is 0 Å². The molecule has 0 bridgehead atoms. The van der Waals surface area contributed by atoms with Gasteiger partial charge in [0, 0.05) is 25.2 Å². The molecule has 0 saturated heterocycles. The summed E-state index contributed by atoms with van der Waals surface area (Å²) in [4.78, 5) is 14.9. The third-order valence-electron chi connectivity index (χ3n) is 4.38. The molecule has 0 N–H and O–H groups in total.